The number of nitrogens with one attached hydrogen (secondary N) is 1. The Bertz CT molecular complexity index is 374. The number of sulfone groups is 1. The van der Waals surface area contributed by atoms with Gasteiger partial charge in [-0.2, -0.15) is 0 Å². The van der Waals surface area contributed by atoms with Gasteiger partial charge in [-0.15, -0.1) is 0 Å². The molecule has 17 heavy (non-hydrogen) atoms. The summed E-state index contributed by atoms with van der Waals surface area (Å²) in [4.78, 5) is 0.263. The molecule has 0 aromatic heterocycles. The van der Waals surface area contributed by atoms with E-state index in [0.717, 1.165) is 13.1 Å². The second-order valence-corrected chi connectivity index (χ2v) is 5.42. The first-order valence-electron chi connectivity index (χ1n) is 5.67. The molecule has 0 atom stereocenters. The second-order valence-electron chi connectivity index (χ2n) is 3.31. The zero-order valence-electron chi connectivity index (χ0n) is 10.4. The Labute approximate surface area is 104 Å². The van der Waals surface area contributed by atoms with Crippen LogP contribution in [0.15, 0.2) is 35.2 Å². The maximum absolute atomic E-state index is 11.3. The van der Waals surface area contributed by atoms with Crippen molar-refractivity contribution in [2.45, 2.75) is 18.7 Å². The SMILES string of the molecule is CCNCC.O=S(=O)(CCO)c1ccccc1. The van der Waals surface area contributed by atoms with Crippen LogP contribution in [0.5, 0.6) is 0 Å². The van der Waals surface area contributed by atoms with Crippen LogP contribution in [0.1, 0.15) is 13.8 Å². The van der Waals surface area contributed by atoms with E-state index in [1.165, 1.54) is 12.1 Å². The predicted octanol–water partition coefficient (Wildman–Crippen LogP) is 1.07. The number of aliphatic hydroxyl groups excluding tert-OH is 1. The molecule has 0 amide bonds. The number of benzene rings is 1. The van der Waals surface area contributed by atoms with Gasteiger partial charge in [-0.3, -0.25) is 0 Å². The Balaban J connectivity index is 0.000000437. The van der Waals surface area contributed by atoms with Crippen molar-refractivity contribution in [2.75, 3.05) is 25.4 Å². The average Bonchev–Trinajstić information content (AvgIpc) is 2.32. The fourth-order valence-electron chi connectivity index (χ4n) is 1.12. The van der Waals surface area contributed by atoms with Crippen LogP contribution in [-0.4, -0.2) is 39.0 Å². The van der Waals surface area contributed by atoms with Gasteiger partial charge >= 0.3 is 0 Å². The first-order chi connectivity index (χ1) is 8.08. The van der Waals surface area contributed by atoms with Crippen LogP contribution in [0, 0.1) is 0 Å². The highest BCUT2D eigenvalue weighted by Gasteiger charge is 2.11. The minimum Gasteiger partial charge on any atom is -0.395 e. The van der Waals surface area contributed by atoms with E-state index in [9.17, 15) is 8.42 Å². The summed E-state index contributed by atoms with van der Waals surface area (Å²) in [5.74, 6) is -0.211. The van der Waals surface area contributed by atoms with Crippen LogP contribution in [0.2, 0.25) is 0 Å². The van der Waals surface area contributed by atoms with Crippen molar-refractivity contribution in [1.29, 1.82) is 0 Å². The van der Waals surface area contributed by atoms with Gasteiger partial charge in [0.25, 0.3) is 0 Å². The molecule has 1 rings (SSSR count). The highest BCUT2D eigenvalue weighted by Crippen LogP contribution is 2.08. The lowest BCUT2D eigenvalue weighted by molar-refractivity contribution is 0.319. The van der Waals surface area contributed by atoms with Gasteiger partial charge in [0, 0.05) is 0 Å². The third kappa shape index (κ3) is 7.10. The second kappa shape index (κ2) is 9.15. The number of hydrogen-bond donors (Lipinski definition) is 2. The smallest absolute Gasteiger partial charge is 0.180 e. The van der Waals surface area contributed by atoms with Gasteiger partial charge < -0.3 is 10.4 Å². The largest absolute Gasteiger partial charge is 0.395 e. The molecule has 0 saturated carbocycles. The first-order valence-corrected chi connectivity index (χ1v) is 7.33. The first kappa shape index (κ1) is 16.1. The van der Waals surface area contributed by atoms with Crippen molar-refractivity contribution in [3.8, 4) is 0 Å². The molecule has 0 saturated heterocycles. The van der Waals surface area contributed by atoms with Crippen LogP contribution in [-0.2, 0) is 9.84 Å². The van der Waals surface area contributed by atoms with E-state index >= 15 is 0 Å². The molecule has 0 radical (unpaired) electrons. The van der Waals surface area contributed by atoms with Crippen molar-refractivity contribution >= 4 is 9.84 Å². The summed E-state index contributed by atoms with van der Waals surface area (Å²) in [6.07, 6.45) is 0. The Morgan fingerprint density at radius 1 is 1.12 bits per heavy atom. The molecule has 0 fully saturated rings. The molecule has 0 heterocycles. The van der Waals surface area contributed by atoms with Gasteiger partial charge in [0.05, 0.1) is 17.3 Å². The molecular formula is C12H21NO3S. The molecule has 98 valence electrons. The van der Waals surface area contributed by atoms with Crippen molar-refractivity contribution in [3.63, 3.8) is 0 Å². The van der Waals surface area contributed by atoms with Crippen molar-refractivity contribution in [1.82, 2.24) is 5.32 Å². The van der Waals surface area contributed by atoms with Gasteiger partial charge in [-0.05, 0) is 25.2 Å². The summed E-state index contributed by atoms with van der Waals surface area (Å²) in [6.45, 7) is 6.05. The monoisotopic (exact) mass is 259 g/mol. The number of hydrogen-bond acceptors (Lipinski definition) is 4. The van der Waals surface area contributed by atoms with Crippen LogP contribution in [0.25, 0.3) is 0 Å². The van der Waals surface area contributed by atoms with E-state index in [1.807, 2.05) is 0 Å². The molecule has 0 aliphatic rings. The third-order valence-electron chi connectivity index (χ3n) is 1.96. The Hall–Kier alpha value is -0.910. The molecule has 0 spiro atoms. The molecule has 0 aliphatic carbocycles. The normalized spacial score (nSPS) is 10.5. The number of rotatable bonds is 5. The van der Waals surface area contributed by atoms with Crippen LogP contribution < -0.4 is 5.32 Å². The van der Waals surface area contributed by atoms with Gasteiger partial charge in [0.1, 0.15) is 0 Å². The van der Waals surface area contributed by atoms with E-state index < -0.39 is 9.84 Å². The highest BCUT2D eigenvalue weighted by atomic mass is 32.2. The number of aliphatic hydroxyl groups is 1. The average molecular weight is 259 g/mol. The maximum atomic E-state index is 11.3. The summed E-state index contributed by atoms with van der Waals surface area (Å²) >= 11 is 0. The summed E-state index contributed by atoms with van der Waals surface area (Å²) < 4.78 is 22.5. The van der Waals surface area contributed by atoms with Crippen LogP contribution >= 0.6 is 0 Å². The van der Waals surface area contributed by atoms with Gasteiger partial charge in [0.15, 0.2) is 9.84 Å². The Morgan fingerprint density at radius 2 is 1.65 bits per heavy atom. The van der Waals surface area contributed by atoms with Gasteiger partial charge in [-0.1, -0.05) is 32.0 Å². The summed E-state index contributed by atoms with van der Waals surface area (Å²) in [5, 5.41) is 11.6. The molecule has 0 unspecified atom stereocenters. The Morgan fingerprint density at radius 3 is 2.00 bits per heavy atom. The van der Waals surface area contributed by atoms with Crippen molar-refractivity contribution in [2.24, 2.45) is 0 Å². The molecule has 0 aliphatic heterocycles. The minimum atomic E-state index is -3.26. The van der Waals surface area contributed by atoms with E-state index in [4.69, 9.17) is 5.11 Å². The predicted molar refractivity (Wildman–Crippen MR) is 69.8 cm³/mol. The molecule has 1 aromatic rings. The van der Waals surface area contributed by atoms with E-state index in [-0.39, 0.29) is 17.3 Å². The van der Waals surface area contributed by atoms with Crippen molar-refractivity contribution in [3.05, 3.63) is 30.3 Å². The third-order valence-corrected chi connectivity index (χ3v) is 3.67. The van der Waals surface area contributed by atoms with E-state index in [1.54, 1.807) is 18.2 Å². The molecular weight excluding hydrogens is 238 g/mol. The van der Waals surface area contributed by atoms with Gasteiger partial charge in [0.2, 0.25) is 0 Å². The van der Waals surface area contributed by atoms with E-state index in [0.29, 0.717) is 0 Å². The van der Waals surface area contributed by atoms with E-state index in [2.05, 4.69) is 19.2 Å². The summed E-state index contributed by atoms with van der Waals surface area (Å²) in [6, 6.07) is 8.10. The molecule has 0 bridgehead atoms. The summed E-state index contributed by atoms with van der Waals surface area (Å²) in [5.41, 5.74) is 0. The lowest BCUT2D eigenvalue weighted by atomic mass is 10.4. The Kier molecular flexibility index (Phi) is 8.66. The quantitative estimate of drug-likeness (QED) is 0.830. The summed E-state index contributed by atoms with van der Waals surface area (Å²) in [7, 11) is -3.26. The maximum Gasteiger partial charge on any atom is 0.180 e. The fraction of sp³-hybridized carbons (Fsp3) is 0.500. The standard InChI is InChI=1S/C8H10O3S.C4H11N/c9-6-7-12(10,11)8-4-2-1-3-5-8;1-3-5-4-2/h1-5,9H,6-7H2;5H,3-4H2,1-2H3. The minimum absolute atomic E-state index is 0.211. The van der Waals surface area contributed by atoms with Gasteiger partial charge in [-0.25, -0.2) is 8.42 Å². The van der Waals surface area contributed by atoms with Crippen molar-refractivity contribution < 1.29 is 13.5 Å². The lowest BCUT2D eigenvalue weighted by Crippen LogP contribution is -2.09. The molecule has 4 nitrogen and oxygen atoms in total. The molecule has 2 N–H and O–H groups in total. The zero-order valence-corrected chi connectivity index (χ0v) is 11.2. The molecule has 5 heteroatoms. The zero-order chi connectivity index (χ0) is 13.1. The van der Waals surface area contributed by atoms with Crippen LogP contribution in [0.3, 0.4) is 0 Å². The molecule has 1 aromatic carbocycles. The lowest BCUT2D eigenvalue weighted by Gasteiger charge is -2.00. The highest BCUT2D eigenvalue weighted by molar-refractivity contribution is 7.91. The fourth-order valence-corrected chi connectivity index (χ4v) is 2.16. The van der Waals surface area contributed by atoms with Crippen LogP contribution in [0.4, 0.5) is 0 Å². The topological polar surface area (TPSA) is 66.4 Å².